The summed E-state index contributed by atoms with van der Waals surface area (Å²) in [4.78, 5) is 13.3. The van der Waals surface area contributed by atoms with Crippen molar-refractivity contribution in [3.8, 4) is 0 Å². The van der Waals surface area contributed by atoms with E-state index < -0.39 is 24.7 Å². The Morgan fingerprint density at radius 2 is 2.29 bits per heavy atom. The second-order valence-corrected chi connectivity index (χ2v) is 5.44. The molecule has 4 nitrogen and oxygen atoms in total. The summed E-state index contributed by atoms with van der Waals surface area (Å²) in [7, 11) is 0. The van der Waals surface area contributed by atoms with E-state index in [1.54, 1.807) is 12.1 Å². The number of amides is 1. The van der Waals surface area contributed by atoms with Gasteiger partial charge in [0.1, 0.15) is 12.3 Å². The Morgan fingerprint density at radius 3 is 2.86 bits per heavy atom. The summed E-state index contributed by atoms with van der Waals surface area (Å²) < 4.78 is 43.2. The Hall–Kier alpha value is -1.50. The monoisotopic (exact) mass is 304 g/mol. The fraction of sp³-hybridized carbons (Fsp3) is 0.643. The molecule has 2 rings (SSSR count). The molecule has 0 saturated carbocycles. The van der Waals surface area contributed by atoms with Gasteiger partial charge in [-0.3, -0.25) is 4.79 Å². The number of carbonyl (C=O) groups excluding carboxylic acids is 1. The number of nitrogens with one attached hydrogen (secondary N) is 1. The first-order chi connectivity index (χ1) is 9.87. The Bertz CT molecular complexity index is 459. The van der Waals surface area contributed by atoms with E-state index in [4.69, 9.17) is 4.42 Å². The van der Waals surface area contributed by atoms with Crippen molar-refractivity contribution in [2.45, 2.75) is 38.5 Å². The number of halogens is 3. The van der Waals surface area contributed by atoms with Gasteiger partial charge in [0.25, 0.3) is 0 Å². The molecule has 1 aromatic rings. The molecule has 1 aliphatic rings. The molecule has 0 radical (unpaired) electrons. The summed E-state index contributed by atoms with van der Waals surface area (Å²) in [5.74, 6) is -0.148. The van der Waals surface area contributed by atoms with Crippen molar-refractivity contribution in [2.24, 2.45) is 5.92 Å². The molecule has 2 unspecified atom stereocenters. The number of hydrogen-bond acceptors (Lipinski definition) is 3. The molecule has 1 N–H and O–H groups in total. The quantitative estimate of drug-likeness (QED) is 0.930. The van der Waals surface area contributed by atoms with E-state index in [9.17, 15) is 18.0 Å². The lowest BCUT2D eigenvalue weighted by molar-refractivity contribution is -0.165. The molecule has 7 heteroatoms. The van der Waals surface area contributed by atoms with Gasteiger partial charge in [0.05, 0.1) is 18.8 Å². The summed E-state index contributed by atoms with van der Waals surface area (Å²) in [6, 6.07) is 2.60. The predicted octanol–water partition coefficient (Wildman–Crippen LogP) is 2.56. The molecule has 1 amide bonds. The molecule has 21 heavy (non-hydrogen) atoms. The summed E-state index contributed by atoms with van der Waals surface area (Å²) in [6.45, 7) is 1.10. The van der Waals surface area contributed by atoms with Gasteiger partial charge < -0.3 is 14.6 Å². The number of nitrogens with zero attached hydrogens (tertiary/aromatic N) is 1. The number of carbonyl (C=O) groups is 1. The fourth-order valence-corrected chi connectivity index (χ4v) is 2.60. The summed E-state index contributed by atoms with van der Waals surface area (Å²) in [5, 5.41) is 3.03. The largest absolute Gasteiger partial charge is 0.467 e. The van der Waals surface area contributed by atoms with Gasteiger partial charge >= 0.3 is 6.18 Å². The minimum atomic E-state index is -4.43. The van der Waals surface area contributed by atoms with Crippen molar-refractivity contribution >= 4 is 5.91 Å². The van der Waals surface area contributed by atoms with Gasteiger partial charge in [-0.1, -0.05) is 6.92 Å². The van der Waals surface area contributed by atoms with E-state index in [-0.39, 0.29) is 12.5 Å². The lowest BCUT2D eigenvalue weighted by Gasteiger charge is -2.33. The van der Waals surface area contributed by atoms with Crippen molar-refractivity contribution < 1.29 is 22.4 Å². The number of alkyl halides is 3. The lowest BCUT2D eigenvalue weighted by Crippen LogP contribution is -2.53. The van der Waals surface area contributed by atoms with E-state index in [1.807, 2.05) is 6.92 Å². The minimum absolute atomic E-state index is 0.0265. The zero-order chi connectivity index (χ0) is 15.5. The smallest absolute Gasteiger partial charge is 0.406 e. The van der Waals surface area contributed by atoms with Crippen molar-refractivity contribution in [3.63, 3.8) is 0 Å². The fourth-order valence-electron chi connectivity index (χ4n) is 2.60. The van der Waals surface area contributed by atoms with Crippen LogP contribution in [0.3, 0.4) is 0 Å². The van der Waals surface area contributed by atoms with Gasteiger partial charge in [-0.25, -0.2) is 0 Å². The van der Waals surface area contributed by atoms with Gasteiger partial charge in [0.15, 0.2) is 0 Å². The number of hydrogen-bond donors (Lipinski definition) is 1. The second kappa shape index (κ2) is 6.51. The third-order valence-electron chi connectivity index (χ3n) is 3.64. The molecule has 1 aliphatic heterocycles. The van der Waals surface area contributed by atoms with E-state index >= 15 is 0 Å². The molecule has 1 fully saturated rings. The Labute approximate surface area is 121 Å². The standard InChI is InChI=1S/C14H19F3N2O2/c1-10-4-2-6-18-12(10)13(20)19(9-14(15,16)17)8-11-5-3-7-21-11/h3,5,7,10,12,18H,2,4,6,8-9H2,1H3. The Morgan fingerprint density at radius 1 is 1.52 bits per heavy atom. The lowest BCUT2D eigenvalue weighted by atomic mass is 9.91. The van der Waals surface area contributed by atoms with Crippen molar-refractivity contribution in [1.82, 2.24) is 10.2 Å². The van der Waals surface area contributed by atoms with Crippen LogP contribution in [0.25, 0.3) is 0 Å². The van der Waals surface area contributed by atoms with Crippen LogP contribution in [0.1, 0.15) is 25.5 Å². The van der Waals surface area contributed by atoms with E-state index in [0.717, 1.165) is 17.7 Å². The zero-order valence-corrected chi connectivity index (χ0v) is 11.8. The first-order valence-electron chi connectivity index (χ1n) is 6.98. The summed E-state index contributed by atoms with van der Waals surface area (Å²) in [5.41, 5.74) is 0. The highest BCUT2D eigenvalue weighted by atomic mass is 19.4. The topological polar surface area (TPSA) is 45.5 Å². The third-order valence-corrected chi connectivity index (χ3v) is 3.64. The van der Waals surface area contributed by atoms with Gasteiger partial charge in [0, 0.05) is 0 Å². The highest BCUT2D eigenvalue weighted by Gasteiger charge is 2.37. The Kier molecular flexibility index (Phi) is 4.92. The normalized spacial score (nSPS) is 23.0. The van der Waals surface area contributed by atoms with Gasteiger partial charge in [-0.2, -0.15) is 13.2 Å². The molecule has 1 aromatic heterocycles. The average molecular weight is 304 g/mol. The molecule has 2 heterocycles. The van der Waals surface area contributed by atoms with Crippen LogP contribution in [0.15, 0.2) is 22.8 Å². The molecule has 118 valence electrons. The maximum atomic E-state index is 12.7. The highest BCUT2D eigenvalue weighted by Crippen LogP contribution is 2.22. The van der Waals surface area contributed by atoms with Gasteiger partial charge in [-0.15, -0.1) is 0 Å². The van der Waals surface area contributed by atoms with Gasteiger partial charge in [0.2, 0.25) is 5.91 Å². The van der Waals surface area contributed by atoms with Crippen LogP contribution >= 0.6 is 0 Å². The number of furan rings is 1. The number of rotatable bonds is 4. The molecular weight excluding hydrogens is 285 g/mol. The van der Waals surface area contributed by atoms with Crippen LogP contribution in [-0.4, -0.2) is 36.1 Å². The summed E-state index contributed by atoms with van der Waals surface area (Å²) in [6.07, 6.45) is -1.28. The molecular formula is C14H19F3N2O2. The van der Waals surface area contributed by atoms with E-state index in [1.165, 1.54) is 6.26 Å². The van der Waals surface area contributed by atoms with E-state index in [2.05, 4.69) is 5.32 Å². The van der Waals surface area contributed by atoms with Crippen molar-refractivity contribution in [1.29, 1.82) is 0 Å². The molecule has 0 aliphatic carbocycles. The minimum Gasteiger partial charge on any atom is -0.467 e. The SMILES string of the molecule is CC1CCCNC1C(=O)N(Cc1ccco1)CC(F)(F)F. The molecule has 0 bridgehead atoms. The second-order valence-electron chi connectivity index (χ2n) is 5.44. The van der Waals surface area contributed by atoms with Crippen LogP contribution in [0, 0.1) is 5.92 Å². The molecule has 1 saturated heterocycles. The number of piperidine rings is 1. The Balaban J connectivity index is 2.11. The van der Waals surface area contributed by atoms with Crippen LogP contribution in [0.4, 0.5) is 13.2 Å². The third kappa shape index (κ3) is 4.49. The summed E-state index contributed by atoms with van der Waals surface area (Å²) >= 11 is 0. The van der Waals surface area contributed by atoms with Crippen LogP contribution in [0.5, 0.6) is 0 Å². The average Bonchev–Trinajstić information content (AvgIpc) is 2.89. The maximum absolute atomic E-state index is 12.7. The maximum Gasteiger partial charge on any atom is 0.406 e. The zero-order valence-electron chi connectivity index (χ0n) is 11.8. The molecule has 0 aromatic carbocycles. The van der Waals surface area contributed by atoms with Crippen LogP contribution in [-0.2, 0) is 11.3 Å². The first kappa shape index (κ1) is 15.9. The van der Waals surface area contributed by atoms with Gasteiger partial charge in [-0.05, 0) is 37.4 Å². The molecule has 2 atom stereocenters. The molecule has 0 spiro atoms. The predicted molar refractivity (Wildman–Crippen MR) is 70.4 cm³/mol. The highest BCUT2D eigenvalue weighted by molar-refractivity contribution is 5.82. The van der Waals surface area contributed by atoms with E-state index in [0.29, 0.717) is 12.3 Å². The first-order valence-corrected chi connectivity index (χ1v) is 6.98. The van der Waals surface area contributed by atoms with Crippen LogP contribution < -0.4 is 5.32 Å². The van der Waals surface area contributed by atoms with Crippen LogP contribution in [0.2, 0.25) is 0 Å². The van der Waals surface area contributed by atoms with Crippen molar-refractivity contribution in [3.05, 3.63) is 24.2 Å². The van der Waals surface area contributed by atoms with Crippen molar-refractivity contribution in [2.75, 3.05) is 13.1 Å².